The zero-order valence-corrected chi connectivity index (χ0v) is 14.7. The Morgan fingerprint density at radius 2 is 1.84 bits per heavy atom. The minimum atomic E-state index is 0.449. The first kappa shape index (κ1) is 17.5. The van der Waals surface area contributed by atoms with Crippen molar-refractivity contribution in [3.05, 3.63) is 0 Å². The van der Waals surface area contributed by atoms with E-state index in [1.54, 1.807) is 7.11 Å². The fourth-order valence-electron chi connectivity index (χ4n) is 2.95. The van der Waals surface area contributed by atoms with Gasteiger partial charge >= 0.3 is 0 Å². The highest BCUT2D eigenvalue weighted by molar-refractivity contribution is 9.09. The van der Waals surface area contributed by atoms with Crippen molar-refractivity contribution in [2.24, 2.45) is 17.3 Å². The van der Waals surface area contributed by atoms with Crippen LogP contribution >= 0.6 is 15.9 Å². The zero-order chi connectivity index (χ0) is 14.3. The van der Waals surface area contributed by atoms with Crippen LogP contribution in [-0.4, -0.2) is 31.8 Å². The van der Waals surface area contributed by atoms with Crippen LogP contribution < -0.4 is 0 Å². The van der Waals surface area contributed by atoms with Crippen LogP contribution in [0.2, 0.25) is 0 Å². The molecule has 114 valence electrons. The highest BCUT2D eigenvalue weighted by Crippen LogP contribution is 2.43. The van der Waals surface area contributed by atoms with Gasteiger partial charge in [-0.1, -0.05) is 36.7 Å². The quantitative estimate of drug-likeness (QED) is 0.498. The van der Waals surface area contributed by atoms with Gasteiger partial charge in [0, 0.05) is 31.8 Å². The summed E-state index contributed by atoms with van der Waals surface area (Å²) in [5, 5.41) is 0. The molecule has 0 radical (unpaired) electrons. The van der Waals surface area contributed by atoms with Crippen LogP contribution in [0, 0.1) is 17.3 Å². The predicted molar refractivity (Wildman–Crippen MR) is 84.9 cm³/mol. The first-order valence-corrected chi connectivity index (χ1v) is 8.57. The fraction of sp³-hybridized carbons (Fsp3) is 1.00. The van der Waals surface area contributed by atoms with E-state index >= 15 is 0 Å². The van der Waals surface area contributed by atoms with Crippen LogP contribution in [-0.2, 0) is 9.47 Å². The first-order chi connectivity index (χ1) is 8.95. The number of hydrogen-bond acceptors (Lipinski definition) is 2. The number of ether oxygens (including phenoxy) is 2. The van der Waals surface area contributed by atoms with Gasteiger partial charge < -0.3 is 9.47 Å². The number of halogens is 1. The standard InChI is InChI=1S/C16H31BrO2/c1-16(2,3)14-6-7-15(17)13(12-14)8-11-19-10-5-9-18-4/h13-15H,5-12H2,1-4H3. The van der Waals surface area contributed by atoms with Crippen molar-refractivity contribution in [2.75, 3.05) is 26.9 Å². The molecular formula is C16H31BrO2. The monoisotopic (exact) mass is 334 g/mol. The van der Waals surface area contributed by atoms with Crippen molar-refractivity contribution < 1.29 is 9.47 Å². The molecule has 0 saturated heterocycles. The van der Waals surface area contributed by atoms with Gasteiger partial charge in [0.05, 0.1) is 0 Å². The molecule has 0 aromatic rings. The molecule has 0 heterocycles. The Kier molecular flexibility index (Phi) is 7.93. The van der Waals surface area contributed by atoms with Crippen LogP contribution in [0.5, 0.6) is 0 Å². The molecule has 0 bridgehead atoms. The van der Waals surface area contributed by atoms with Gasteiger partial charge in [-0.05, 0) is 49.4 Å². The maximum atomic E-state index is 5.71. The van der Waals surface area contributed by atoms with Gasteiger partial charge in [-0.2, -0.15) is 0 Å². The number of methoxy groups -OCH3 is 1. The summed E-state index contributed by atoms with van der Waals surface area (Å²) >= 11 is 3.87. The van der Waals surface area contributed by atoms with Crippen LogP contribution in [0.3, 0.4) is 0 Å². The lowest BCUT2D eigenvalue weighted by atomic mass is 9.68. The van der Waals surface area contributed by atoms with Gasteiger partial charge in [-0.3, -0.25) is 0 Å². The Bertz CT molecular complexity index is 237. The second kappa shape index (κ2) is 8.63. The Balaban J connectivity index is 2.23. The summed E-state index contributed by atoms with van der Waals surface area (Å²) in [6.45, 7) is 9.67. The molecule has 1 fully saturated rings. The van der Waals surface area contributed by atoms with Crippen LogP contribution in [0.1, 0.15) is 52.9 Å². The van der Waals surface area contributed by atoms with Crippen molar-refractivity contribution in [1.29, 1.82) is 0 Å². The second-order valence-corrected chi connectivity index (χ2v) is 8.08. The van der Waals surface area contributed by atoms with E-state index in [1.165, 1.54) is 25.7 Å². The minimum absolute atomic E-state index is 0.449. The summed E-state index contributed by atoms with van der Waals surface area (Å²) in [5.74, 6) is 1.64. The molecule has 0 aromatic heterocycles. The van der Waals surface area contributed by atoms with E-state index in [2.05, 4.69) is 36.7 Å². The van der Waals surface area contributed by atoms with Crippen molar-refractivity contribution in [3.8, 4) is 0 Å². The lowest BCUT2D eigenvalue weighted by Crippen LogP contribution is -2.32. The number of rotatable bonds is 7. The summed E-state index contributed by atoms with van der Waals surface area (Å²) in [6.07, 6.45) is 6.22. The Morgan fingerprint density at radius 3 is 2.47 bits per heavy atom. The van der Waals surface area contributed by atoms with Crippen LogP contribution in [0.25, 0.3) is 0 Å². The summed E-state index contributed by atoms with van der Waals surface area (Å²) in [7, 11) is 1.74. The molecule has 0 aliphatic heterocycles. The summed E-state index contributed by atoms with van der Waals surface area (Å²) in [5.41, 5.74) is 0.449. The van der Waals surface area contributed by atoms with Gasteiger partial charge in [0.15, 0.2) is 0 Å². The molecule has 3 heteroatoms. The van der Waals surface area contributed by atoms with Crippen LogP contribution in [0.4, 0.5) is 0 Å². The molecule has 0 spiro atoms. The van der Waals surface area contributed by atoms with Gasteiger partial charge in [0.25, 0.3) is 0 Å². The van der Waals surface area contributed by atoms with Crippen molar-refractivity contribution in [3.63, 3.8) is 0 Å². The van der Waals surface area contributed by atoms with E-state index in [0.29, 0.717) is 10.2 Å². The van der Waals surface area contributed by atoms with E-state index < -0.39 is 0 Å². The van der Waals surface area contributed by atoms with Gasteiger partial charge in [0.1, 0.15) is 0 Å². The van der Waals surface area contributed by atoms with Crippen molar-refractivity contribution >= 4 is 15.9 Å². The fourth-order valence-corrected chi connectivity index (χ4v) is 3.70. The first-order valence-electron chi connectivity index (χ1n) is 7.66. The number of hydrogen-bond donors (Lipinski definition) is 0. The molecule has 3 atom stereocenters. The lowest BCUT2D eigenvalue weighted by Gasteiger charge is -2.40. The largest absolute Gasteiger partial charge is 0.385 e. The van der Waals surface area contributed by atoms with Crippen LogP contribution in [0.15, 0.2) is 0 Å². The molecule has 0 aromatic carbocycles. The zero-order valence-electron chi connectivity index (χ0n) is 13.1. The summed E-state index contributed by atoms with van der Waals surface area (Å²) in [6, 6.07) is 0. The number of alkyl halides is 1. The highest BCUT2D eigenvalue weighted by atomic mass is 79.9. The third-order valence-corrected chi connectivity index (χ3v) is 5.59. The van der Waals surface area contributed by atoms with Gasteiger partial charge in [-0.15, -0.1) is 0 Å². The van der Waals surface area contributed by atoms with E-state index in [1.807, 2.05) is 0 Å². The predicted octanol–water partition coefficient (Wildman–Crippen LogP) is 4.66. The molecule has 0 amide bonds. The molecule has 1 aliphatic rings. The third kappa shape index (κ3) is 6.59. The normalized spacial score (nSPS) is 28.6. The Hall–Kier alpha value is 0.400. The molecule has 1 aliphatic carbocycles. The molecule has 1 saturated carbocycles. The average Bonchev–Trinajstić information content (AvgIpc) is 2.34. The van der Waals surface area contributed by atoms with Gasteiger partial charge in [-0.25, -0.2) is 0 Å². The van der Waals surface area contributed by atoms with E-state index in [-0.39, 0.29) is 0 Å². The van der Waals surface area contributed by atoms with E-state index in [9.17, 15) is 0 Å². The minimum Gasteiger partial charge on any atom is -0.385 e. The average molecular weight is 335 g/mol. The summed E-state index contributed by atoms with van der Waals surface area (Å²) in [4.78, 5) is 0.689. The maximum absolute atomic E-state index is 5.71. The maximum Gasteiger partial charge on any atom is 0.0487 e. The third-order valence-electron chi connectivity index (χ3n) is 4.38. The molecular weight excluding hydrogens is 304 g/mol. The molecule has 19 heavy (non-hydrogen) atoms. The smallest absolute Gasteiger partial charge is 0.0487 e. The van der Waals surface area contributed by atoms with Gasteiger partial charge in [0.2, 0.25) is 0 Å². The van der Waals surface area contributed by atoms with E-state index in [4.69, 9.17) is 9.47 Å². The van der Waals surface area contributed by atoms with Crippen molar-refractivity contribution in [2.45, 2.75) is 57.7 Å². The Labute approximate surface area is 127 Å². The Morgan fingerprint density at radius 1 is 1.11 bits per heavy atom. The van der Waals surface area contributed by atoms with E-state index in [0.717, 1.165) is 38.1 Å². The molecule has 2 nitrogen and oxygen atoms in total. The second-order valence-electron chi connectivity index (χ2n) is 6.90. The topological polar surface area (TPSA) is 18.5 Å². The molecule has 1 rings (SSSR count). The summed E-state index contributed by atoms with van der Waals surface area (Å²) < 4.78 is 10.7. The molecule has 0 N–H and O–H groups in total. The molecule has 3 unspecified atom stereocenters. The van der Waals surface area contributed by atoms with Crippen molar-refractivity contribution in [1.82, 2.24) is 0 Å². The highest BCUT2D eigenvalue weighted by Gasteiger charge is 2.34. The lowest BCUT2D eigenvalue weighted by molar-refractivity contribution is 0.0781. The SMILES string of the molecule is COCCCOCCC1CC(C(C)(C)C)CCC1Br.